The van der Waals surface area contributed by atoms with Gasteiger partial charge in [0.1, 0.15) is 11.9 Å². The first-order valence-electron chi connectivity index (χ1n) is 13.4. The van der Waals surface area contributed by atoms with Crippen molar-refractivity contribution in [2.75, 3.05) is 44.4 Å². The van der Waals surface area contributed by atoms with Gasteiger partial charge in [0.15, 0.2) is 0 Å². The smallest absolute Gasteiger partial charge is 0.393 e. The van der Waals surface area contributed by atoms with E-state index in [9.17, 15) is 22.4 Å². The second-order valence-corrected chi connectivity index (χ2v) is 11.4. The number of carbonyl (C=O) groups excluding carboxylic acids is 1. The van der Waals surface area contributed by atoms with Gasteiger partial charge in [0.2, 0.25) is 0 Å². The van der Waals surface area contributed by atoms with E-state index in [1.807, 2.05) is 25.8 Å². The molecule has 6 nitrogen and oxygen atoms in total. The standard InChI is InChI=1S/C30H34F4N4O2S/c1-18(2)36-29(39)19-10-11-26(40-4)25(15-19)35-13-6-9-27-21(16-30(32,33)34)20-7-5-8-24(28(20)41-27)37-23-12-14-38(3)17-22(23)31/h5,7-8,10-11,15,18,22-23,35,37H,12-14,16-17H2,1-4H3,(H,36,39)/t22-,23+/m0/s1. The Hall–Kier alpha value is -3.49. The normalized spacial score (nSPS) is 17.7. The minimum Gasteiger partial charge on any atom is -0.495 e. The SMILES string of the molecule is COc1ccc(C(=O)NC(C)C)cc1NCC#Cc1sc2c(N[C@@H]3CCN(C)C[C@@H]3F)cccc2c1CC(F)(F)F. The Morgan fingerprint density at radius 3 is 2.68 bits per heavy atom. The lowest BCUT2D eigenvalue weighted by Crippen LogP contribution is -2.46. The molecule has 1 aromatic heterocycles. The van der Waals surface area contributed by atoms with Crippen molar-refractivity contribution in [3.63, 3.8) is 0 Å². The molecule has 0 aliphatic carbocycles. The molecule has 1 aliphatic rings. The molecule has 0 saturated carbocycles. The number of methoxy groups -OCH3 is 1. The average molecular weight is 591 g/mol. The number of benzene rings is 2. The average Bonchev–Trinajstić information content (AvgIpc) is 3.24. The van der Waals surface area contributed by atoms with E-state index in [4.69, 9.17) is 4.74 Å². The first kappa shape index (κ1) is 30.5. The van der Waals surface area contributed by atoms with E-state index >= 15 is 0 Å². The topological polar surface area (TPSA) is 65.6 Å². The van der Waals surface area contributed by atoms with Gasteiger partial charge in [-0.3, -0.25) is 4.79 Å². The van der Waals surface area contributed by atoms with Crippen molar-refractivity contribution in [1.82, 2.24) is 10.2 Å². The summed E-state index contributed by atoms with van der Waals surface area (Å²) in [5, 5.41) is 9.64. The molecule has 0 unspecified atom stereocenters. The van der Waals surface area contributed by atoms with Crippen LogP contribution in [0.4, 0.5) is 28.9 Å². The van der Waals surface area contributed by atoms with Crippen molar-refractivity contribution >= 4 is 38.7 Å². The van der Waals surface area contributed by atoms with Crippen molar-refractivity contribution in [2.45, 2.75) is 51.1 Å². The van der Waals surface area contributed by atoms with Crippen molar-refractivity contribution in [2.24, 2.45) is 0 Å². The van der Waals surface area contributed by atoms with Crippen LogP contribution in [0.3, 0.4) is 0 Å². The van der Waals surface area contributed by atoms with Gasteiger partial charge >= 0.3 is 6.18 Å². The summed E-state index contributed by atoms with van der Waals surface area (Å²) in [6.07, 6.45) is -6.03. The fourth-order valence-electron chi connectivity index (χ4n) is 4.78. The summed E-state index contributed by atoms with van der Waals surface area (Å²) < 4.78 is 61.5. The molecule has 4 rings (SSSR count). The number of fused-ring (bicyclic) bond motifs is 1. The van der Waals surface area contributed by atoms with E-state index in [1.165, 1.54) is 18.4 Å². The Morgan fingerprint density at radius 1 is 1.22 bits per heavy atom. The maximum Gasteiger partial charge on any atom is 0.393 e. The van der Waals surface area contributed by atoms with E-state index in [2.05, 4.69) is 27.8 Å². The third-order valence-corrected chi connectivity index (χ3v) is 7.93. The molecule has 2 atom stereocenters. The molecule has 0 spiro atoms. The summed E-state index contributed by atoms with van der Waals surface area (Å²) in [6, 6.07) is 9.62. The van der Waals surface area contributed by atoms with Crippen molar-refractivity contribution < 1.29 is 27.1 Å². The molecule has 3 N–H and O–H groups in total. The molecule has 220 valence electrons. The predicted molar refractivity (Wildman–Crippen MR) is 157 cm³/mol. The molecule has 1 amide bonds. The number of amides is 1. The lowest BCUT2D eigenvalue weighted by atomic mass is 10.0. The fraction of sp³-hybridized carbons (Fsp3) is 0.433. The van der Waals surface area contributed by atoms with Gasteiger partial charge in [-0.05, 0) is 62.5 Å². The number of nitrogens with zero attached hydrogens (tertiary/aromatic N) is 1. The monoisotopic (exact) mass is 590 g/mol. The van der Waals surface area contributed by atoms with Gasteiger partial charge in [0.05, 0.1) is 47.1 Å². The van der Waals surface area contributed by atoms with Crippen molar-refractivity contribution in [3.8, 4) is 17.6 Å². The summed E-state index contributed by atoms with van der Waals surface area (Å²) in [4.78, 5) is 14.6. The summed E-state index contributed by atoms with van der Waals surface area (Å²) in [5.41, 5.74) is 1.70. The van der Waals surface area contributed by atoms with Crippen LogP contribution in [0.15, 0.2) is 36.4 Å². The third-order valence-electron chi connectivity index (χ3n) is 6.73. The van der Waals surface area contributed by atoms with Crippen LogP contribution in [0.25, 0.3) is 10.1 Å². The zero-order valence-electron chi connectivity index (χ0n) is 23.4. The Kier molecular flexibility index (Phi) is 9.66. The number of carbonyl (C=O) groups is 1. The quantitative estimate of drug-likeness (QED) is 0.220. The maximum atomic E-state index is 14.7. The first-order chi connectivity index (χ1) is 19.4. The van der Waals surface area contributed by atoms with Crippen LogP contribution in [-0.2, 0) is 6.42 Å². The molecule has 1 aliphatic heterocycles. The van der Waals surface area contributed by atoms with E-state index in [1.54, 1.807) is 36.4 Å². The molecule has 0 radical (unpaired) electrons. The number of hydrogen-bond acceptors (Lipinski definition) is 6. The third kappa shape index (κ3) is 7.83. The van der Waals surface area contributed by atoms with E-state index in [0.717, 1.165) is 6.54 Å². The Morgan fingerprint density at radius 2 is 2.00 bits per heavy atom. The molecule has 11 heteroatoms. The zero-order valence-corrected chi connectivity index (χ0v) is 24.2. The Labute approximate surface area is 241 Å². The van der Waals surface area contributed by atoms with E-state index in [0.29, 0.717) is 50.6 Å². The predicted octanol–water partition coefficient (Wildman–Crippen LogP) is 6.07. The highest BCUT2D eigenvalue weighted by Crippen LogP contribution is 2.39. The minimum absolute atomic E-state index is 0.0300. The summed E-state index contributed by atoms with van der Waals surface area (Å²) in [6.45, 7) is 4.87. The highest BCUT2D eigenvalue weighted by atomic mass is 32.1. The van der Waals surface area contributed by atoms with Gasteiger partial charge in [0, 0.05) is 24.7 Å². The maximum absolute atomic E-state index is 14.7. The van der Waals surface area contributed by atoms with Crippen LogP contribution in [0.5, 0.6) is 5.75 Å². The molecular weight excluding hydrogens is 556 g/mol. The largest absolute Gasteiger partial charge is 0.495 e. The number of nitrogens with one attached hydrogen (secondary N) is 3. The molecule has 41 heavy (non-hydrogen) atoms. The number of piperidine rings is 1. The van der Waals surface area contributed by atoms with Crippen LogP contribution in [0.1, 0.15) is 41.1 Å². The molecular formula is C30H34F4N4O2S. The van der Waals surface area contributed by atoms with Crippen LogP contribution < -0.4 is 20.7 Å². The fourth-order valence-corrected chi connectivity index (χ4v) is 5.95. The summed E-state index contributed by atoms with van der Waals surface area (Å²) in [5.74, 6) is 6.11. The molecule has 1 saturated heterocycles. The minimum atomic E-state index is -4.42. The molecule has 1 fully saturated rings. The number of alkyl halides is 4. The Bertz CT molecular complexity index is 1440. The van der Waals surface area contributed by atoms with Crippen molar-refractivity contribution in [1.29, 1.82) is 0 Å². The van der Waals surface area contributed by atoms with Crippen LogP contribution in [0, 0.1) is 11.8 Å². The van der Waals surface area contributed by atoms with Gasteiger partial charge in [-0.15, -0.1) is 11.3 Å². The highest BCUT2D eigenvalue weighted by molar-refractivity contribution is 7.20. The van der Waals surface area contributed by atoms with E-state index < -0.39 is 24.8 Å². The van der Waals surface area contributed by atoms with Crippen LogP contribution >= 0.6 is 11.3 Å². The van der Waals surface area contributed by atoms with Gasteiger partial charge in [-0.25, -0.2) is 4.39 Å². The van der Waals surface area contributed by atoms with E-state index in [-0.39, 0.29) is 24.1 Å². The molecule has 2 aromatic carbocycles. The molecule has 3 aromatic rings. The van der Waals surface area contributed by atoms with Crippen molar-refractivity contribution in [3.05, 3.63) is 52.4 Å². The zero-order chi connectivity index (χ0) is 29.7. The van der Waals surface area contributed by atoms with Gasteiger partial charge < -0.3 is 25.6 Å². The van der Waals surface area contributed by atoms with Gasteiger partial charge in [0.25, 0.3) is 5.91 Å². The molecule has 0 bridgehead atoms. The second-order valence-electron chi connectivity index (χ2n) is 10.4. The number of anilines is 2. The summed E-state index contributed by atoms with van der Waals surface area (Å²) >= 11 is 1.17. The lowest BCUT2D eigenvalue weighted by molar-refractivity contribution is -0.126. The number of thiophene rings is 1. The van der Waals surface area contributed by atoms with Gasteiger partial charge in [-0.1, -0.05) is 24.0 Å². The number of hydrogen-bond donors (Lipinski definition) is 3. The lowest BCUT2D eigenvalue weighted by Gasteiger charge is -2.33. The number of likely N-dealkylation sites (tertiary alicyclic amines) is 1. The van der Waals surface area contributed by atoms with Gasteiger partial charge in [-0.2, -0.15) is 13.2 Å². The summed E-state index contributed by atoms with van der Waals surface area (Å²) in [7, 11) is 3.37. The number of ether oxygens (including phenoxy) is 1. The first-order valence-corrected chi connectivity index (χ1v) is 14.2. The highest BCUT2D eigenvalue weighted by Gasteiger charge is 2.32. The van der Waals surface area contributed by atoms with Crippen LogP contribution in [0.2, 0.25) is 0 Å². The number of halogens is 4. The van der Waals surface area contributed by atoms with Crippen LogP contribution in [-0.4, -0.2) is 69.0 Å². The second kappa shape index (κ2) is 13.0. The number of rotatable bonds is 8. The molecule has 2 heterocycles. The Balaban J connectivity index is 1.59.